The second kappa shape index (κ2) is 5.59. The largest absolute Gasteiger partial charge is 0.481 e. The second-order valence-corrected chi connectivity index (χ2v) is 7.09. The van der Waals surface area contributed by atoms with Crippen molar-refractivity contribution in [2.24, 2.45) is 5.41 Å². The van der Waals surface area contributed by atoms with E-state index in [1.807, 2.05) is 12.3 Å². The highest BCUT2D eigenvalue weighted by molar-refractivity contribution is 7.09. The van der Waals surface area contributed by atoms with Crippen LogP contribution in [0.4, 0.5) is 0 Å². The third-order valence-electron chi connectivity index (χ3n) is 3.04. The van der Waals surface area contributed by atoms with E-state index in [4.69, 9.17) is 4.74 Å². The monoisotopic (exact) mass is 285 g/mol. The first-order valence-electron chi connectivity index (χ1n) is 6.41. The van der Waals surface area contributed by atoms with Crippen LogP contribution in [0.3, 0.4) is 0 Å². The van der Waals surface area contributed by atoms with Gasteiger partial charge < -0.3 is 9.84 Å². The number of rotatable bonds is 5. The lowest BCUT2D eigenvalue weighted by atomic mass is 9.88. The Morgan fingerprint density at radius 1 is 1.42 bits per heavy atom. The minimum absolute atomic E-state index is 0.0709. The molecule has 0 aromatic carbocycles. The average Bonchev–Trinajstić information content (AvgIpc) is 2.73. The van der Waals surface area contributed by atoms with Crippen molar-refractivity contribution in [1.82, 2.24) is 4.98 Å². The second-order valence-electron chi connectivity index (χ2n) is 6.20. The Labute approximate surface area is 118 Å². The van der Waals surface area contributed by atoms with Gasteiger partial charge in [0, 0.05) is 12.0 Å². The Bertz CT molecular complexity index is 446. The summed E-state index contributed by atoms with van der Waals surface area (Å²) >= 11 is 1.47. The molecule has 0 radical (unpaired) electrons. The lowest BCUT2D eigenvalue weighted by molar-refractivity contribution is -0.142. The molecule has 1 rings (SSSR count). The van der Waals surface area contributed by atoms with Crippen molar-refractivity contribution in [2.75, 3.05) is 6.61 Å². The van der Waals surface area contributed by atoms with Crippen LogP contribution in [0.5, 0.6) is 0 Å². The van der Waals surface area contributed by atoms with Crippen molar-refractivity contribution < 1.29 is 14.6 Å². The van der Waals surface area contributed by atoms with Crippen LogP contribution in [-0.4, -0.2) is 22.7 Å². The summed E-state index contributed by atoms with van der Waals surface area (Å²) in [5, 5.41) is 11.9. The third kappa shape index (κ3) is 3.54. The van der Waals surface area contributed by atoms with Crippen LogP contribution in [0, 0.1) is 5.41 Å². The van der Waals surface area contributed by atoms with Gasteiger partial charge >= 0.3 is 5.97 Å². The molecule has 1 atom stereocenters. The van der Waals surface area contributed by atoms with Gasteiger partial charge in [-0.15, -0.1) is 11.3 Å². The number of thiazole rings is 1. The summed E-state index contributed by atoms with van der Waals surface area (Å²) in [5.41, 5.74) is -0.448. The molecule has 1 heterocycles. The van der Waals surface area contributed by atoms with Crippen LogP contribution in [-0.2, 0) is 14.9 Å². The number of hydrogen-bond acceptors (Lipinski definition) is 4. The summed E-state index contributed by atoms with van der Waals surface area (Å²) < 4.78 is 5.78. The molecule has 1 aromatic rings. The van der Waals surface area contributed by atoms with E-state index in [-0.39, 0.29) is 11.5 Å². The lowest BCUT2D eigenvalue weighted by Gasteiger charge is -2.28. The highest BCUT2D eigenvalue weighted by Gasteiger charge is 2.35. The van der Waals surface area contributed by atoms with Crippen LogP contribution in [0.15, 0.2) is 5.38 Å². The van der Waals surface area contributed by atoms with E-state index in [0.29, 0.717) is 12.3 Å². The first-order chi connectivity index (χ1) is 8.60. The molecule has 5 heteroatoms. The molecule has 0 aliphatic heterocycles. The van der Waals surface area contributed by atoms with Crippen molar-refractivity contribution in [1.29, 1.82) is 0 Å². The number of aromatic nitrogens is 1. The van der Waals surface area contributed by atoms with Crippen LogP contribution in [0.25, 0.3) is 0 Å². The minimum atomic E-state index is -0.969. The molecule has 0 aliphatic carbocycles. The van der Waals surface area contributed by atoms with Crippen molar-refractivity contribution in [3.8, 4) is 0 Å². The molecule has 108 valence electrons. The van der Waals surface area contributed by atoms with Crippen molar-refractivity contribution in [3.05, 3.63) is 16.1 Å². The van der Waals surface area contributed by atoms with E-state index in [1.54, 1.807) is 13.8 Å². The molecule has 1 N–H and O–H groups in total. The molecular formula is C14H23NO3S. The van der Waals surface area contributed by atoms with E-state index < -0.39 is 11.4 Å². The number of carboxylic acid groups (broad SMARTS) is 1. The zero-order chi connectivity index (χ0) is 14.8. The molecule has 0 bridgehead atoms. The van der Waals surface area contributed by atoms with Crippen LogP contribution < -0.4 is 0 Å². The molecule has 4 nitrogen and oxygen atoms in total. The van der Waals surface area contributed by atoms with E-state index in [2.05, 4.69) is 25.8 Å². The van der Waals surface area contributed by atoms with Gasteiger partial charge in [0.2, 0.25) is 0 Å². The first kappa shape index (κ1) is 16.1. The molecule has 0 aliphatic rings. The van der Waals surface area contributed by atoms with Crippen molar-refractivity contribution in [2.45, 2.75) is 53.1 Å². The number of aliphatic carboxylic acids is 1. The van der Waals surface area contributed by atoms with Gasteiger partial charge in [0.05, 0.1) is 5.69 Å². The Balaban J connectivity index is 3.10. The first-order valence-corrected chi connectivity index (χ1v) is 7.29. The summed E-state index contributed by atoms with van der Waals surface area (Å²) in [6.45, 7) is 12.2. The zero-order valence-corrected chi connectivity index (χ0v) is 13.3. The smallest absolute Gasteiger partial charge is 0.315 e. The highest BCUT2D eigenvalue weighted by atomic mass is 32.1. The molecule has 0 spiro atoms. The minimum Gasteiger partial charge on any atom is -0.481 e. The van der Waals surface area contributed by atoms with E-state index in [9.17, 15) is 9.90 Å². The van der Waals surface area contributed by atoms with E-state index in [1.165, 1.54) is 11.3 Å². The summed E-state index contributed by atoms with van der Waals surface area (Å²) in [7, 11) is 0. The normalized spacial score (nSPS) is 14.4. The van der Waals surface area contributed by atoms with Crippen LogP contribution >= 0.6 is 11.3 Å². The van der Waals surface area contributed by atoms with Gasteiger partial charge in [-0.25, -0.2) is 4.98 Å². The van der Waals surface area contributed by atoms with Gasteiger partial charge in [0.15, 0.2) is 0 Å². The highest BCUT2D eigenvalue weighted by Crippen LogP contribution is 2.38. The topological polar surface area (TPSA) is 59.4 Å². The Hall–Kier alpha value is -0.940. The maximum atomic E-state index is 11.3. The zero-order valence-electron chi connectivity index (χ0n) is 12.5. The summed E-state index contributed by atoms with van der Waals surface area (Å²) in [6.07, 6.45) is -0.110. The molecule has 0 saturated heterocycles. The van der Waals surface area contributed by atoms with Gasteiger partial charge in [-0.3, -0.25) is 4.79 Å². The summed E-state index contributed by atoms with van der Waals surface area (Å²) in [4.78, 5) is 15.8. The van der Waals surface area contributed by atoms with Crippen LogP contribution in [0.2, 0.25) is 0 Å². The summed E-state index contributed by atoms with van der Waals surface area (Å²) in [6, 6.07) is 0. The molecular weight excluding hydrogens is 262 g/mol. The number of hydrogen-bond donors (Lipinski definition) is 1. The number of nitrogens with zero attached hydrogens (tertiary/aromatic N) is 1. The fraction of sp³-hybridized carbons (Fsp3) is 0.714. The van der Waals surface area contributed by atoms with Gasteiger partial charge in [-0.1, -0.05) is 20.8 Å². The number of carbonyl (C=O) groups is 1. The van der Waals surface area contributed by atoms with Gasteiger partial charge in [-0.2, -0.15) is 0 Å². The predicted molar refractivity (Wildman–Crippen MR) is 76.6 cm³/mol. The maximum Gasteiger partial charge on any atom is 0.315 e. The third-order valence-corrected chi connectivity index (χ3v) is 3.93. The molecule has 0 fully saturated rings. The number of ether oxygens (including phenoxy) is 1. The van der Waals surface area contributed by atoms with Gasteiger partial charge in [-0.05, 0) is 26.2 Å². The van der Waals surface area contributed by atoms with Crippen molar-refractivity contribution in [3.63, 3.8) is 0 Å². The Morgan fingerprint density at radius 2 is 2.00 bits per heavy atom. The standard InChI is InChI=1S/C14H23NO3S/c1-7-18-10(13(2,3)4)11-15-9(8-19-11)14(5,6)12(16)17/h8,10H,7H2,1-6H3,(H,16,17). The lowest BCUT2D eigenvalue weighted by Crippen LogP contribution is -2.29. The van der Waals surface area contributed by atoms with Crippen molar-refractivity contribution >= 4 is 17.3 Å². The molecule has 0 saturated carbocycles. The van der Waals surface area contributed by atoms with E-state index >= 15 is 0 Å². The molecule has 0 amide bonds. The fourth-order valence-corrected chi connectivity index (χ4v) is 2.94. The number of carboxylic acids is 1. The molecule has 19 heavy (non-hydrogen) atoms. The van der Waals surface area contributed by atoms with Gasteiger partial charge in [0.1, 0.15) is 16.5 Å². The Kier molecular flexibility index (Phi) is 4.74. The Morgan fingerprint density at radius 3 is 2.42 bits per heavy atom. The van der Waals surface area contributed by atoms with Gasteiger partial charge in [0.25, 0.3) is 0 Å². The van der Waals surface area contributed by atoms with Crippen LogP contribution in [0.1, 0.15) is 58.3 Å². The molecule has 1 unspecified atom stereocenters. The summed E-state index contributed by atoms with van der Waals surface area (Å²) in [5.74, 6) is -0.868. The SMILES string of the molecule is CCOC(c1nc(C(C)(C)C(=O)O)cs1)C(C)(C)C. The quantitative estimate of drug-likeness (QED) is 0.897. The predicted octanol–water partition coefficient (Wildman–Crippen LogP) is 3.63. The fourth-order valence-electron chi connectivity index (χ4n) is 1.66. The molecule has 1 aromatic heterocycles. The van der Waals surface area contributed by atoms with E-state index in [0.717, 1.165) is 5.01 Å². The average molecular weight is 285 g/mol. The maximum absolute atomic E-state index is 11.3.